The van der Waals surface area contributed by atoms with Crippen molar-refractivity contribution in [2.45, 2.75) is 0 Å². The first-order valence-corrected chi connectivity index (χ1v) is 24.4. The lowest BCUT2D eigenvalue weighted by molar-refractivity contribution is 1.28. The quantitative estimate of drug-likeness (QED) is 0.125. The van der Waals surface area contributed by atoms with Gasteiger partial charge >= 0.3 is 0 Å². The van der Waals surface area contributed by atoms with E-state index in [-0.39, 0.29) is 0 Å². The maximum absolute atomic E-state index is 2.37. The molecule has 0 aliphatic rings. The van der Waals surface area contributed by atoms with Gasteiger partial charge in [0.2, 0.25) is 0 Å². The van der Waals surface area contributed by atoms with Crippen LogP contribution in [0, 0.1) is 0 Å². The van der Waals surface area contributed by atoms with Gasteiger partial charge in [-0.1, -0.05) is 249 Å². The van der Waals surface area contributed by atoms with Crippen molar-refractivity contribution in [2.75, 3.05) is 4.90 Å². The molecule has 0 spiro atoms. The molecule has 0 aliphatic heterocycles. The predicted octanol–water partition coefficient (Wildman–Crippen LogP) is 19.6. The van der Waals surface area contributed by atoms with Crippen molar-refractivity contribution in [1.82, 2.24) is 0 Å². The van der Waals surface area contributed by atoms with Crippen molar-refractivity contribution >= 4 is 27.8 Å². The third kappa shape index (κ3) is 8.85. The zero-order valence-electron chi connectivity index (χ0n) is 39.2. The van der Waals surface area contributed by atoms with Crippen LogP contribution < -0.4 is 4.90 Å². The average molecular weight is 904 g/mol. The van der Waals surface area contributed by atoms with E-state index in [1.54, 1.807) is 0 Å². The number of fused-ring (bicyclic) bond motifs is 1. The molecule has 334 valence electrons. The highest BCUT2D eigenvalue weighted by Gasteiger charge is 2.19. The molecular weight excluding hydrogens is 855 g/mol. The van der Waals surface area contributed by atoms with Gasteiger partial charge in [0.05, 0.1) is 0 Å². The van der Waals surface area contributed by atoms with Gasteiger partial charge in [0, 0.05) is 17.1 Å². The Labute approximate surface area is 416 Å². The number of hydrogen-bond donors (Lipinski definition) is 0. The van der Waals surface area contributed by atoms with Crippen LogP contribution >= 0.6 is 0 Å². The minimum atomic E-state index is 1.07. The van der Waals surface area contributed by atoms with E-state index in [2.05, 4.69) is 302 Å². The Morgan fingerprint density at radius 2 is 0.479 bits per heavy atom. The monoisotopic (exact) mass is 903 g/mol. The van der Waals surface area contributed by atoms with Gasteiger partial charge in [0.15, 0.2) is 0 Å². The lowest BCUT2D eigenvalue weighted by Crippen LogP contribution is -2.09. The number of rotatable bonds is 11. The molecule has 0 fully saturated rings. The van der Waals surface area contributed by atoms with Crippen molar-refractivity contribution in [3.8, 4) is 89.0 Å². The molecule has 71 heavy (non-hydrogen) atoms. The molecule has 1 heteroatoms. The van der Waals surface area contributed by atoms with Crippen molar-refractivity contribution in [3.05, 3.63) is 297 Å². The van der Waals surface area contributed by atoms with Crippen molar-refractivity contribution < 1.29 is 0 Å². The summed E-state index contributed by atoms with van der Waals surface area (Å²) in [6.07, 6.45) is 0. The van der Waals surface area contributed by atoms with E-state index in [0.29, 0.717) is 0 Å². The Morgan fingerprint density at radius 1 is 0.183 bits per heavy atom. The second-order valence-electron chi connectivity index (χ2n) is 18.1. The summed E-state index contributed by atoms with van der Waals surface area (Å²) in [6.45, 7) is 0. The van der Waals surface area contributed by atoms with Crippen LogP contribution in [0.4, 0.5) is 17.1 Å². The number of nitrogens with zero attached hydrogens (tertiary/aromatic N) is 1. The molecule has 0 radical (unpaired) electrons. The fourth-order valence-electron chi connectivity index (χ4n) is 10.1. The van der Waals surface area contributed by atoms with Crippen LogP contribution in [0.15, 0.2) is 297 Å². The summed E-state index contributed by atoms with van der Waals surface area (Å²) in [7, 11) is 0. The first-order valence-electron chi connectivity index (χ1n) is 24.4. The fraction of sp³-hybridized carbons (Fsp3) is 0. The highest BCUT2D eigenvalue weighted by atomic mass is 15.1. The highest BCUT2D eigenvalue weighted by Crippen LogP contribution is 2.45. The lowest BCUT2D eigenvalue weighted by atomic mass is 9.84. The van der Waals surface area contributed by atoms with Gasteiger partial charge < -0.3 is 4.90 Å². The first kappa shape index (κ1) is 43.0. The summed E-state index contributed by atoms with van der Waals surface area (Å²) in [5.41, 5.74) is 22.3. The SMILES string of the molecule is c1ccc(-c2ccc(-c3ccc(N(c4ccc(-c5ccc(-c6cccc7ccccc67)cc5)cc4)c4ccc(-c5c(-c6ccccc6)cc(-c6ccccc6)cc5-c5ccccc5)cc4)cc3)cc2)cc1. The van der Waals surface area contributed by atoms with Crippen molar-refractivity contribution in [3.63, 3.8) is 0 Å². The Kier molecular flexibility index (Phi) is 11.7. The second-order valence-corrected chi connectivity index (χ2v) is 18.1. The number of hydrogen-bond acceptors (Lipinski definition) is 1. The Balaban J connectivity index is 0.931. The van der Waals surface area contributed by atoms with Crippen molar-refractivity contribution in [2.24, 2.45) is 0 Å². The van der Waals surface area contributed by atoms with Crippen LogP contribution in [0.25, 0.3) is 99.8 Å². The summed E-state index contributed by atoms with van der Waals surface area (Å²) in [5.74, 6) is 0. The first-order chi connectivity index (χ1) is 35.2. The molecule has 0 saturated carbocycles. The number of benzene rings is 12. The fourth-order valence-corrected chi connectivity index (χ4v) is 10.1. The van der Waals surface area contributed by atoms with Gasteiger partial charge in [-0.3, -0.25) is 0 Å². The van der Waals surface area contributed by atoms with Gasteiger partial charge in [-0.15, -0.1) is 0 Å². The highest BCUT2D eigenvalue weighted by molar-refractivity contribution is 5.99. The molecule has 12 rings (SSSR count). The Morgan fingerprint density at radius 3 is 0.915 bits per heavy atom. The van der Waals surface area contributed by atoms with Gasteiger partial charge in [0.25, 0.3) is 0 Å². The maximum Gasteiger partial charge on any atom is 0.0462 e. The minimum Gasteiger partial charge on any atom is -0.311 e. The van der Waals surface area contributed by atoms with Crippen LogP contribution in [-0.4, -0.2) is 0 Å². The third-order valence-corrected chi connectivity index (χ3v) is 13.7. The zero-order chi connectivity index (χ0) is 47.3. The standard InChI is InChI=1S/C70H49N/c1-5-16-50(17-6-1)52-28-30-53(31-29-52)55-36-42-63(43-37-55)71(64-44-38-56(39-45-64)54-32-34-60(35-33-54)67-27-15-25-57-24-13-14-26-66(57)67)65-46-40-61(41-47-65)70-68(58-20-9-3-10-21-58)48-62(51-18-7-2-8-19-51)49-69(70)59-22-11-4-12-23-59/h1-49H. The second kappa shape index (κ2) is 19.4. The van der Waals surface area contributed by atoms with E-state index in [1.165, 1.54) is 94.2 Å². The zero-order valence-corrected chi connectivity index (χ0v) is 39.2. The summed E-state index contributed by atoms with van der Waals surface area (Å²) in [6, 6.07) is 108. The lowest BCUT2D eigenvalue weighted by Gasteiger charge is -2.26. The van der Waals surface area contributed by atoms with E-state index in [9.17, 15) is 0 Å². The molecule has 1 nitrogen and oxygen atoms in total. The summed E-state index contributed by atoms with van der Waals surface area (Å²) < 4.78 is 0. The van der Waals surface area contributed by atoms with Crippen LogP contribution in [0.1, 0.15) is 0 Å². The average Bonchev–Trinajstić information content (AvgIpc) is 3.46. The minimum absolute atomic E-state index is 1.07. The van der Waals surface area contributed by atoms with E-state index in [4.69, 9.17) is 0 Å². The molecule has 0 aliphatic carbocycles. The van der Waals surface area contributed by atoms with E-state index < -0.39 is 0 Å². The molecule has 12 aromatic carbocycles. The molecule has 0 N–H and O–H groups in total. The molecule has 0 aromatic heterocycles. The summed E-state index contributed by atoms with van der Waals surface area (Å²) in [5, 5.41) is 2.52. The smallest absolute Gasteiger partial charge is 0.0462 e. The Hall–Kier alpha value is -9.30. The van der Waals surface area contributed by atoms with Crippen LogP contribution in [0.5, 0.6) is 0 Å². The third-order valence-electron chi connectivity index (χ3n) is 13.7. The van der Waals surface area contributed by atoms with Crippen molar-refractivity contribution in [1.29, 1.82) is 0 Å². The maximum atomic E-state index is 2.37. The van der Waals surface area contributed by atoms with Crippen LogP contribution in [0.2, 0.25) is 0 Å². The van der Waals surface area contributed by atoms with E-state index >= 15 is 0 Å². The topological polar surface area (TPSA) is 3.24 Å². The largest absolute Gasteiger partial charge is 0.311 e. The Bertz CT molecular complexity index is 3650. The predicted molar refractivity (Wildman–Crippen MR) is 302 cm³/mol. The van der Waals surface area contributed by atoms with E-state index in [0.717, 1.165) is 22.6 Å². The molecule has 0 heterocycles. The van der Waals surface area contributed by atoms with Gasteiger partial charge in [-0.25, -0.2) is 0 Å². The van der Waals surface area contributed by atoms with Crippen LogP contribution in [-0.2, 0) is 0 Å². The summed E-state index contributed by atoms with van der Waals surface area (Å²) in [4.78, 5) is 2.37. The van der Waals surface area contributed by atoms with Gasteiger partial charge in [-0.05, 0) is 148 Å². The molecule has 0 atom stereocenters. The van der Waals surface area contributed by atoms with Gasteiger partial charge in [0.1, 0.15) is 0 Å². The number of anilines is 3. The summed E-state index contributed by atoms with van der Waals surface area (Å²) >= 11 is 0. The van der Waals surface area contributed by atoms with Gasteiger partial charge in [-0.2, -0.15) is 0 Å². The van der Waals surface area contributed by atoms with Crippen LogP contribution in [0.3, 0.4) is 0 Å². The molecular formula is C70H49N. The normalized spacial score (nSPS) is 11.1. The molecule has 0 bridgehead atoms. The molecule has 0 amide bonds. The molecule has 12 aromatic rings. The van der Waals surface area contributed by atoms with E-state index in [1.807, 2.05) is 0 Å². The molecule has 0 unspecified atom stereocenters. The molecule has 0 saturated heterocycles.